The molecule has 0 amide bonds. The average molecular weight is 272 g/mol. The molecule has 2 saturated carbocycles. The van der Waals surface area contributed by atoms with Crippen LogP contribution < -0.4 is 5.73 Å². The molecule has 0 spiro atoms. The highest BCUT2D eigenvalue weighted by Gasteiger charge is 2.27. The molecule has 2 N–H and O–H groups in total. The molecule has 2 atom stereocenters. The van der Waals surface area contributed by atoms with E-state index in [0.717, 1.165) is 19.0 Å². The van der Waals surface area contributed by atoms with Gasteiger partial charge in [-0.2, -0.15) is 0 Å². The lowest BCUT2D eigenvalue weighted by Gasteiger charge is -2.37. The normalized spacial score (nSPS) is 26.9. The van der Waals surface area contributed by atoms with Crippen molar-refractivity contribution >= 4 is 0 Å². The monoisotopic (exact) mass is 272 g/mol. The number of nitrogens with zero attached hydrogens (tertiary/aromatic N) is 1. The average Bonchev–Trinajstić information content (AvgIpc) is 3.32. The third kappa shape index (κ3) is 3.24. The van der Waals surface area contributed by atoms with E-state index in [9.17, 15) is 0 Å². The van der Waals surface area contributed by atoms with Crippen molar-refractivity contribution in [2.75, 3.05) is 13.6 Å². The van der Waals surface area contributed by atoms with Gasteiger partial charge in [-0.3, -0.25) is 4.90 Å². The molecule has 20 heavy (non-hydrogen) atoms. The summed E-state index contributed by atoms with van der Waals surface area (Å²) in [5.41, 5.74) is 8.99. The van der Waals surface area contributed by atoms with Gasteiger partial charge in [-0.25, -0.2) is 0 Å². The molecule has 0 heterocycles. The molecule has 2 aliphatic carbocycles. The van der Waals surface area contributed by atoms with E-state index in [4.69, 9.17) is 5.73 Å². The number of hydrogen-bond acceptors (Lipinski definition) is 2. The van der Waals surface area contributed by atoms with E-state index in [0.29, 0.717) is 12.0 Å². The van der Waals surface area contributed by atoms with Gasteiger partial charge in [-0.05, 0) is 62.2 Å². The Hall–Kier alpha value is -0.860. The number of hydrogen-bond donors (Lipinski definition) is 1. The summed E-state index contributed by atoms with van der Waals surface area (Å²) >= 11 is 0. The Labute approximate surface area is 123 Å². The van der Waals surface area contributed by atoms with Crippen molar-refractivity contribution in [3.8, 4) is 0 Å². The molecule has 0 saturated heterocycles. The molecule has 1 aromatic carbocycles. The van der Waals surface area contributed by atoms with Crippen molar-refractivity contribution < 1.29 is 0 Å². The van der Waals surface area contributed by atoms with Crippen molar-refractivity contribution in [2.45, 2.75) is 57.0 Å². The fourth-order valence-electron chi connectivity index (χ4n) is 3.81. The Kier molecular flexibility index (Phi) is 4.42. The second-order valence-electron chi connectivity index (χ2n) is 6.78. The predicted octanol–water partition coefficient (Wildman–Crippen LogP) is 3.51. The molecule has 1 aromatic rings. The maximum Gasteiger partial charge on any atom is 0.0233 e. The standard InChI is InChI=1S/C18H28N2/c1-20(18-8-3-2-6-17(18)12-19)13-14-5-4-7-16(11-14)15-9-10-15/h4-5,7,11,15,17-18H,2-3,6,8-10,12-13,19H2,1H3. The summed E-state index contributed by atoms with van der Waals surface area (Å²) in [5, 5.41) is 0. The summed E-state index contributed by atoms with van der Waals surface area (Å²) in [7, 11) is 2.28. The van der Waals surface area contributed by atoms with Gasteiger partial charge in [0.05, 0.1) is 0 Å². The fraction of sp³-hybridized carbons (Fsp3) is 0.667. The van der Waals surface area contributed by atoms with Gasteiger partial charge in [0.15, 0.2) is 0 Å². The topological polar surface area (TPSA) is 29.3 Å². The summed E-state index contributed by atoms with van der Waals surface area (Å²) in [5.74, 6) is 1.55. The summed E-state index contributed by atoms with van der Waals surface area (Å²) in [6.07, 6.45) is 8.14. The summed E-state index contributed by atoms with van der Waals surface area (Å²) < 4.78 is 0. The third-order valence-electron chi connectivity index (χ3n) is 5.17. The highest BCUT2D eigenvalue weighted by molar-refractivity contribution is 5.29. The molecule has 3 rings (SSSR count). The van der Waals surface area contributed by atoms with Crippen LogP contribution in [0.5, 0.6) is 0 Å². The Morgan fingerprint density at radius 3 is 2.70 bits per heavy atom. The summed E-state index contributed by atoms with van der Waals surface area (Å²) in [6, 6.07) is 9.91. The highest BCUT2D eigenvalue weighted by atomic mass is 15.1. The summed E-state index contributed by atoms with van der Waals surface area (Å²) in [4.78, 5) is 2.54. The van der Waals surface area contributed by atoms with Gasteiger partial charge in [0.2, 0.25) is 0 Å². The minimum absolute atomic E-state index is 0.679. The van der Waals surface area contributed by atoms with E-state index >= 15 is 0 Å². The molecular weight excluding hydrogens is 244 g/mol. The first-order valence-electron chi connectivity index (χ1n) is 8.27. The van der Waals surface area contributed by atoms with Crippen LogP contribution in [-0.2, 0) is 6.54 Å². The molecule has 2 unspecified atom stereocenters. The molecule has 0 radical (unpaired) electrons. The van der Waals surface area contributed by atoms with Crippen LogP contribution in [0.25, 0.3) is 0 Å². The first-order valence-corrected chi connectivity index (χ1v) is 8.27. The lowest BCUT2D eigenvalue weighted by molar-refractivity contribution is 0.127. The van der Waals surface area contributed by atoms with E-state index in [-0.39, 0.29) is 0 Å². The van der Waals surface area contributed by atoms with Gasteiger partial charge in [0, 0.05) is 12.6 Å². The zero-order valence-corrected chi connectivity index (χ0v) is 12.7. The maximum absolute atomic E-state index is 5.97. The van der Waals surface area contributed by atoms with Gasteiger partial charge < -0.3 is 5.73 Å². The molecule has 110 valence electrons. The van der Waals surface area contributed by atoms with Crippen LogP contribution in [0.15, 0.2) is 24.3 Å². The van der Waals surface area contributed by atoms with Gasteiger partial charge in [0.25, 0.3) is 0 Å². The van der Waals surface area contributed by atoms with Crippen LogP contribution in [0.2, 0.25) is 0 Å². The van der Waals surface area contributed by atoms with E-state index in [1.807, 2.05) is 0 Å². The van der Waals surface area contributed by atoms with Crippen molar-refractivity contribution in [3.63, 3.8) is 0 Å². The molecule has 0 aliphatic heterocycles. The van der Waals surface area contributed by atoms with Gasteiger partial charge >= 0.3 is 0 Å². The lowest BCUT2D eigenvalue weighted by Crippen LogP contribution is -2.42. The zero-order valence-electron chi connectivity index (χ0n) is 12.7. The smallest absolute Gasteiger partial charge is 0.0233 e. The van der Waals surface area contributed by atoms with Crippen molar-refractivity contribution in [1.82, 2.24) is 4.90 Å². The molecule has 2 fully saturated rings. The van der Waals surface area contributed by atoms with Gasteiger partial charge in [-0.15, -0.1) is 0 Å². The maximum atomic E-state index is 5.97. The van der Waals surface area contributed by atoms with E-state index in [1.165, 1.54) is 44.1 Å². The second kappa shape index (κ2) is 6.28. The lowest BCUT2D eigenvalue weighted by atomic mass is 9.83. The first-order chi connectivity index (χ1) is 9.78. The predicted molar refractivity (Wildman–Crippen MR) is 84.7 cm³/mol. The van der Waals surface area contributed by atoms with Crippen LogP contribution >= 0.6 is 0 Å². The summed E-state index contributed by atoms with van der Waals surface area (Å²) in [6.45, 7) is 1.92. The molecule has 2 aliphatic rings. The third-order valence-corrected chi connectivity index (χ3v) is 5.17. The molecule has 0 bridgehead atoms. The largest absolute Gasteiger partial charge is 0.330 e. The highest BCUT2D eigenvalue weighted by Crippen LogP contribution is 2.40. The number of nitrogens with two attached hydrogens (primary N) is 1. The van der Waals surface area contributed by atoms with Crippen LogP contribution in [-0.4, -0.2) is 24.5 Å². The Balaban J connectivity index is 1.65. The minimum Gasteiger partial charge on any atom is -0.330 e. The number of benzene rings is 1. The van der Waals surface area contributed by atoms with Gasteiger partial charge in [0.1, 0.15) is 0 Å². The quantitative estimate of drug-likeness (QED) is 0.888. The Bertz CT molecular complexity index is 439. The van der Waals surface area contributed by atoms with Crippen LogP contribution in [0.3, 0.4) is 0 Å². The second-order valence-corrected chi connectivity index (χ2v) is 6.78. The van der Waals surface area contributed by atoms with Crippen LogP contribution in [0.1, 0.15) is 55.6 Å². The van der Waals surface area contributed by atoms with Crippen molar-refractivity contribution in [3.05, 3.63) is 35.4 Å². The van der Waals surface area contributed by atoms with Gasteiger partial charge in [-0.1, -0.05) is 37.1 Å². The number of rotatable bonds is 5. The molecule has 0 aromatic heterocycles. The van der Waals surface area contributed by atoms with Crippen molar-refractivity contribution in [1.29, 1.82) is 0 Å². The van der Waals surface area contributed by atoms with Crippen molar-refractivity contribution in [2.24, 2.45) is 11.7 Å². The van der Waals surface area contributed by atoms with Crippen LogP contribution in [0, 0.1) is 5.92 Å². The first kappa shape index (κ1) is 14.1. The SMILES string of the molecule is CN(Cc1cccc(C2CC2)c1)C1CCCCC1CN. The minimum atomic E-state index is 0.679. The molecular formula is C18H28N2. The van der Waals surface area contributed by atoms with E-state index in [2.05, 4.69) is 36.2 Å². The molecule has 2 heteroatoms. The zero-order chi connectivity index (χ0) is 13.9. The Morgan fingerprint density at radius 2 is 1.95 bits per heavy atom. The Morgan fingerprint density at radius 1 is 1.15 bits per heavy atom. The fourth-order valence-corrected chi connectivity index (χ4v) is 3.81. The molecule has 2 nitrogen and oxygen atoms in total. The van der Waals surface area contributed by atoms with E-state index < -0.39 is 0 Å². The van der Waals surface area contributed by atoms with Crippen LogP contribution in [0.4, 0.5) is 0 Å². The van der Waals surface area contributed by atoms with E-state index in [1.54, 1.807) is 5.56 Å².